The zero-order valence-electron chi connectivity index (χ0n) is 8.10. The van der Waals surface area contributed by atoms with Gasteiger partial charge in [0.25, 0.3) is 0 Å². The third-order valence-corrected chi connectivity index (χ3v) is 2.22. The molecule has 0 unspecified atom stereocenters. The van der Waals surface area contributed by atoms with Crippen LogP contribution >= 0.6 is 0 Å². The quantitative estimate of drug-likeness (QED) is 0.694. The summed E-state index contributed by atoms with van der Waals surface area (Å²) in [5.41, 5.74) is -0.0299. The molecule has 0 bridgehead atoms. The first-order valence-corrected chi connectivity index (χ1v) is 4.53. The second kappa shape index (κ2) is 3.40. The predicted octanol–water partition coefficient (Wildman–Crippen LogP) is 1.55. The van der Waals surface area contributed by atoms with Gasteiger partial charge >= 0.3 is 5.63 Å². The highest BCUT2D eigenvalue weighted by molar-refractivity contribution is 5.82. The highest BCUT2D eigenvalue weighted by Gasteiger charge is 2.14. The summed E-state index contributed by atoms with van der Waals surface area (Å²) in [5.74, 6) is -0.0770. The van der Waals surface area contributed by atoms with Gasteiger partial charge in [-0.2, -0.15) is 0 Å². The van der Waals surface area contributed by atoms with Crippen LogP contribution in [-0.4, -0.2) is 10.2 Å². The summed E-state index contributed by atoms with van der Waals surface area (Å²) in [5, 5.41) is 19.7. The molecule has 0 radical (unpaired) electrons. The minimum atomic E-state index is -0.890. The normalized spacial score (nSPS) is 12.9. The molecule has 0 fully saturated rings. The molecule has 0 aliphatic carbocycles. The molecule has 0 aliphatic rings. The Morgan fingerprint density at radius 2 is 1.93 bits per heavy atom. The van der Waals surface area contributed by atoms with Crippen molar-refractivity contribution in [3.8, 4) is 5.75 Å². The first-order valence-electron chi connectivity index (χ1n) is 4.53. The molecule has 78 valence electrons. The molecule has 2 N–H and O–H groups in total. The summed E-state index contributed by atoms with van der Waals surface area (Å²) in [6.45, 7) is 1.50. The van der Waals surface area contributed by atoms with Crippen molar-refractivity contribution in [2.24, 2.45) is 0 Å². The number of hydrogen-bond donors (Lipinski definition) is 2. The largest absolute Gasteiger partial charge is 0.507 e. The number of fused-ring (bicyclic) bond motifs is 1. The van der Waals surface area contributed by atoms with Crippen LogP contribution in [0.25, 0.3) is 11.0 Å². The average molecular weight is 206 g/mol. The lowest BCUT2D eigenvalue weighted by Gasteiger charge is -2.09. The van der Waals surface area contributed by atoms with E-state index in [9.17, 15) is 15.0 Å². The van der Waals surface area contributed by atoms with E-state index in [2.05, 4.69) is 0 Å². The Morgan fingerprint density at radius 3 is 2.60 bits per heavy atom. The van der Waals surface area contributed by atoms with Crippen LogP contribution in [0.15, 0.2) is 33.5 Å². The molecule has 1 aromatic heterocycles. The second-order valence-corrected chi connectivity index (χ2v) is 3.35. The van der Waals surface area contributed by atoms with Crippen molar-refractivity contribution in [3.05, 3.63) is 40.2 Å². The van der Waals surface area contributed by atoms with Gasteiger partial charge in [-0.3, -0.25) is 0 Å². The van der Waals surface area contributed by atoms with E-state index < -0.39 is 11.7 Å². The Kier molecular flexibility index (Phi) is 2.21. The van der Waals surface area contributed by atoms with Gasteiger partial charge in [-0.05, 0) is 25.1 Å². The van der Waals surface area contributed by atoms with E-state index in [0.29, 0.717) is 5.39 Å². The number of benzene rings is 1. The maximum atomic E-state index is 11.0. The number of phenols is 1. The lowest BCUT2D eigenvalue weighted by molar-refractivity contribution is 0.195. The zero-order chi connectivity index (χ0) is 11.0. The van der Waals surface area contributed by atoms with E-state index in [-0.39, 0.29) is 16.9 Å². The van der Waals surface area contributed by atoms with Crippen LogP contribution < -0.4 is 5.63 Å². The Balaban J connectivity index is 2.90. The molecular weight excluding hydrogens is 196 g/mol. The molecule has 2 aromatic rings. The summed E-state index contributed by atoms with van der Waals surface area (Å²) in [4.78, 5) is 11.0. The Labute approximate surface area is 85.4 Å². The number of aliphatic hydroxyl groups excluding tert-OH is 1. The number of aromatic hydroxyl groups is 1. The zero-order valence-corrected chi connectivity index (χ0v) is 8.10. The smallest absolute Gasteiger partial charge is 0.336 e. The molecule has 4 nitrogen and oxygen atoms in total. The lowest BCUT2D eigenvalue weighted by Crippen LogP contribution is -1.99. The Bertz CT molecular complexity index is 554. The van der Waals surface area contributed by atoms with Crippen molar-refractivity contribution in [1.82, 2.24) is 0 Å². The van der Waals surface area contributed by atoms with Crippen LogP contribution in [0.2, 0.25) is 0 Å². The Morgan fingerprint density at radius 1 is 1.27 bits per heavy atom. The molecule has 1 heterocycles. The van der Waals surface area contributed by atoms with Crippen LogP contribution in [0.1, 0.15) is 18.6 Å². The number of rotatable bonds is 1. The summed E-state index contributed by atoms with van der Waals surface area (Å²) in [6, 6.07) is 5.97. The van der Waals surface area contributed by atoms with Crippen molar-refractivity contribution in [2.45, 2.75) is 13.0 Å². The highest BCUT2D eigenvalue weighted by atomic mass is 16.4. The third kappa shape index (κ3) is 1.59. The molecule has 0 spiro atoms. The van der Waals surface area contributed by atoms with Gasteiger partial charge in [0.05, 0.1) is 11.7 Å². The fourth-order valence-electron chi connectivity index (χ4n) is 1.55. The van der Waals surface area contributed by atoms with Gasteiger partial charge in [-0.15, -0.1) is 0 Å². The molecule has 0 saturated carbocycles. The molecular formula is C11H10O4. The van der Waals surface area contributed by atoms with Gasteiger partial charge < -0.3 is 14.6 Å². The van der Waals surface area contributed by atoms with Gasteiger partial charge in [-0.1, -0.05) is 0 Å². The second-order valence-electron chi connectivity index (χ2n) is 3.35. The van der Waals surface area contributed by atoms with E-state index in [4.69, 9.17) is 4.42 Å². The fourth-order valence-corrected chi connectivity index (χ4v) is 1.55. The summed E-state index contributed by atoms with van der Waals surface area (Å²) in [6.07, 6.45) is -0.890. The molecule has 0 amide bonds. The first-order chi connectivity index (χ1) is 7.09. The fraction of sp³-hybridized carbons (Fsp3) is 0.182. The van der Waals surface area contributed by atoms with E-state index in [1.165, 1.54) is 19.1 Å². The van der Waals surface area contributed by atoms with Crippen molar-refractivity contribution in [2.75, 3.05) is 0 Å². The summed E-state index contributed by atoms with van der Waals surface area (Å²) >= 11 is 0. The topological polar surface area (TPSA) is 70.7 Å². The number of hydrogen-bond acceptors (Lipinski definition) is 4. The van der Waals surface area contributed by atoms with Gasteiger partial charge in [0.15, 0.2) is 0 Å². The van der Waals surface area contributed by atoms with Crippen molar-refractivity contribution >= 4 is 11.0 Å². The van der Waals surface area contributed by atoms with E-state index in [1.54, 1.807) is 12.1 Å². The van der Waals surface area contributed by atoms with E-state index >= 15 is 0 Å². The minimum Gasteiger partial charge on any atom is -0.507 e. The molecule has 15 heavy (non-hydrogen) atoms. The van der Waals surface area contributed by atoms with Crippen molar-refractivity contribution in [1.29, 1.82) is 0 Å². The highest BCUT2D eigenvalue weighted by Crippen LogP contribution is 2.31. The van der Waals surface area contributed by atoms with E-state index in [0.717, 1.165) is 0 Å². The van der Waals surface area contributed by atoms with Crippen LogP contribution in [0.4, 0.5) is 0 Å². The van der Waals surface area contributed by atoms with Crippen LogP contribution in [0.3, 0.4) is 0 Å². The summed E-state index contributed by atoms with van der Waals surface area (Å²) < 4.78 is 4.96. The molecule has 1 aromatic carbocycles. The average Bonchev–Trinajstić information content (AvgIpc) is 2.16. The SMILES string of the molecule is C[C@H](O)c1c(O)ccc2ccc(=O)oc12. The van der Waals surface area contributed by atoms with Gasteiger partial charge in [0.2, 0.25) is 0 Å². The van der Waals surface area contributed by atoms with Gasteiger partial charge in [0, 0.05) is 11.5 Å². The van der Waals surface area contributed by atoms with Crippen molar-refractivity contribution in [3.63, 3.8) is 0 Å². The van der Waals surface area contributed by atoms with Crippen LogP contribution in [0, 0.1) is 0 Å². The standard InChI is InChI=1S/C11H10O4/c1-6(12)10-8(13)4-2-7-3-5-9(14)15-11(7)10/h2-6,12-13H,1H3/t6-/m0/s1. The molecule has 0 aliphatic heterocycles. The van der Waals surface area contributed by atoms with Gasteiger partial charge in [-0.25, -0.2) is 4.79 Å². The number of aliphatic hydroxyl groups is 1. The predicted molar refractivity (Wildman–Crippen MR) is 54.8 cm³/mol. The first kappa shape index (κ1) is 9.73. The molecule has 1 atom stereocenters. The third-order valence-electron chi connectivity index (χ3n) is 2.22. The van der Waals surface area contributed by atoms with Crippen molar-refractivity contribution < 1.29 is 14.6 Å². The summed E-state index contributed by atoms with van der Waals surface area (Å²) in [7, 11) is 0. The molecule has 4 heteroatoms. The molecule has 2 rings (SSSR count). The van der Waals surface area contributed by atoms with Gasteiger partial charge in [0.1, 0.15) is 11.3 Å². The monoisotopic (exact) mass is 206 g/mol. The van der Waals surface area contributed by atoms with Crippen LogP contribution in [-0.2, 0) is 0 Å². The Hall–Kier alpha value is -1.81. The maximum Gasteiger partial charge on any atom is 0.336 e. The minimum absolute atomic E-state index is 0.0770. The number of phenolic OH excluding ortho intramolecular Hbond substituents is 1. The maximum absolute atomic E-state index is 11.0. The lowest BCUT2D eigenvalue weighted by atomic mass is 10.1. The van der Waals surface area contributed by atoms with E-state index in [1.807, 2.05) is 0 Å². The van der Waals surface area contributed by atoms with Crippen LogP contribution in [0.5, 0.6) is 5.75 Å². The molecule has 0 saturated heterocycles.